The molecule has 6 heteroatoms. The Hall–Kier alpha value is -1.69. The summed E-state index contributed by atoms with van der Waals surface area (Å²) in [6, 6.07) is 8.26. The molecule has 1 heterocycles. The fourth-order valence-corrected chi connectivity index (χ4v) is 2.57. The number of benzene rings is 1. The normalized spacial score (nSPS) is 20.0. The van der Waals surface area contributed by atoms with Crippen molar-refractivity contribution in [3.63, 3.8) is 0 Å². The number of para-hydroxylation sites is 1. The molecule has 1 saturated heterocycles. The highest BCUT2D eigenvalue weighted by Gasteiger charge is 2.37. The van der Waals surface area contributed by atoms with Gasteiger partial charge in [-0.05, 0) is 25.3 Å². The maximum absolute atomic E-state index is 12.3. The van der Waals surface area contributed by atoms with Crippen molar-refractivity contribution in [1.29, 1.82) is 0 Å². The van der Waals surface area contributed by atoms with E-state index in [1.165, 1.54) is 11.8 Å². The van der Waals surface area contributed by atoms with Gasteiger partial charge >= 0.3 is 12.1 Å². The number of rotatable bonds is 3. The van der Waals surface area contributed by atoms with E-state index in [1.807, 2.05) is 19.2 Å². The van der Waals surface area contributed by atoms with Crippen LogP contribution in [0.3, 0.4) is 0 Å². The van der Waals surface area contributed by atoms with Gasteiger partial charge in [-0.1, -0.05) is 18.2 Å². The molecule has 96 valence electrons. The Balaban J connectivity index is 2.32. The third-order valence-electron chi connectivity index (χ3n) is 2.75. The average Bonchev–Trinajstić information content (AvgIpc) is 2.39. The van der Waals surface area contributed by atoms with E-state index >= 15 is 0 Å². The van der Waals surface area contributed by atoms with E-state index in [0.29, 0.717) is 12.2 Å². The summed E-state index contributed by atoms with van der Waals surface area (Å²) in [6.07, 6.45) is 1.86. The molecule has 1 aliphatic heterocycles. The van der Waals surface area contributed by atoms with Gasteiger partial charge in [0.25, 0.3) is 0 Å². The number of nitrogens with one attached hydrogen (secondary N) is 1. The molecule has 0 radical (unpaired) electrons. The SMILES string of the molecule is CCN1C(=O)N(c2ccccc2)C(=O)NC1SC. The van der Waals surface area contributed by atoms with Gasteiger partial charge in [-0.3, -0.25) is 4.90 Å². The quantitative estimate of drug-likeness (QED) is 0.912. The summed E-state index contributed by atoms with van der Waals surface area (Å²) in [7, 11) is 0. The van der Waals surface area contributed by atoms with Gasteiger partial charge in [-0.15, -0.1) is 11.8 Å². The molecule has 0 aliphatic carbocycles. The van der Waals surface area contributed by atoms with Gasteiger partial charge in [-0.2, -0.15) is 0 Å². The third kappa shape index (κ3) is 2.15. The van der Waals surface area contributed by atoms with Crippen LogP contribution in [0.15, 0.2) is 30.3 Å². The van der Waals surface area contributed by atoms with Gasteiger partial charge in [0, 0.05) is 6.54 Å². The molecule has 1 aromatic carbocycles. The van der Waals surface area contributed by atoms with E-state index in [-0.39, 0.29) is 17.6 Å². The number of carbonyl (C=O) groups is 2. The van der Waals surface area contributed by atoms with Crippen molar-refractivity contribution in [2.45, 2.75) is 12.4 Å². The Morgan fingerprint density at radius 1 is 1.28 bits per heavy atom. The van der Waals surface area contributed by atoms with Crippen LogP contribution in [0.1, 0.15) is 6.92 Å². The minimum atomic E-state index is -0.379. The second kappa shape index (κ2) is 5.30. The highest BCUT2D eigenvalue weighted by Crippen LogP contribution is 2.23. The van der Waals surface area contributed by atoms with Crippen molar-refractivity contribution < 1.29 is 9.59 Å². The van der Waals surface area contributed by atoms with E-state index in [4.69, 9.17) is 0 Å². The Morgan fingerprint density at radius 3 is 2.50 bits per heavy atom. The van der Waals surface area contributed by atoms with Crippen molar-refractivity contribution in [1.82, 2.24) is 10.2 Å². The zero-order chi connectivity index (χ0) is 13.1. The van der Waals surface area contributed by atoms with Crippen LogP contribution < -0.4 is 10.2 Å². The monoisotopic (exact) mass is 265 g/mol. The molecule has 2 rings (SSSR count). The number of hydrogen-bond donors (Lipinski definition) is 1. The summed E-state index contributed by atoms with van der Waals surface area (Å²) >= 11 is 1.43. The van der Waals surface area contributed by atoms with E-state index < -0.39 is 0 Å². The van der Waals surface area contributed by atoms with Gasteiger partial charge < -0.3 is 5.32 Å². The molecule has 0 saturated carbocycles. The molecule has 0 bridgehead atoms. The molecule has 0 spiro atoms. The largest absolute Gasteiger partial charge is 0.335 e. The standard InChI is InChI=1S/C12H15N3O2S/c1-3-14-11(18-2)13-10(16)15(12(14)17)9-7-5-4-6-8-9/h4-8,11H,3H2,1-2H3,(H,13,16). The molecule has 18 heavy (non-hydrogen) atoms. The van der Waals surface area contributed by atoms with Crippen LogP contribution in [0.5, 0.6) is 0 Å². The van der Waals surface area contributed by atoms with Crippen LogP contribution >= 0.6 is 11.8 Å². The molecular formula is C12H15N3O2S. The number of urea groups is 2. The lowest BCUT2D eigenvalue weighted by Gasteiger charge is -2.39. The van der Waals surface area contributed by atoms with Gasteiger partial charge in [0.2, 0.25) is 0 Å². The van der Waals surface area contributed by atoms with Crippen molar-refractivity contribution in [2.75, 3.05) is 17.7 Å². The van der Waals surface area contributed by atoms with Crippen LogP contribution in [0.4, 0.5) is 15.3 Å². The molecule has 1 aliphatic rings. The summed E-state index contributed by atoms with van der Waals surface area (Å²) in [6.45, 7) is 2.44. The fraction of sp³-hybridized carbons (Fsp3) is 0.333. The Kier molecular flexibility index (Phi) is 3.76. The number of thioether (sulfide) groups is 1. The molecule has 1 fully saturated rings. The predicted molar refractivity (Wildman–Crippen MR) is 72.5 cm³/mol. The number of anilines is 1. The van der Waals surface area contributed by atoms with E-state index in [1.54, 1.807) is 29.2 Å². The minimum absolute atomic E-state index is 0.285. The van der Waals surface area contributed by atoms with Gasteiger partial charge in [0.05, 0.1) is 5.69 Å². The van der Waals surface area contributed by atoms with Crippen LogP contribution in [0.2, 0.25) is 0 Å². The minimum Gasteiger partial charge on any atom is -0.308 e. The number of amides is 4. The summed E-state index contributed by atoms with van der Waals surface area (Å²) in [4.78, 5) is 27.1. The fourth-order valence-electron chi connectivity index (χ4n) is 1.86. The Bertz CT molecular complexity index is 452. The first kappa shape index (κ1) is 12.8. The lowest BCUT2D eigenvalue weighted by atomic mass is 10.3. The maximum atomic E-state index is 12.3. The first-order chi connectivity index (χ1) is 8.69. The van der Waals surface area contributed by atoms with Crippen molar-refractivity contribution >= 4 is 29.5 Å². The summed E-state index contributed by atoms with van der Waals surface area (Å²) < 4.78 is 0. The number of carbonyl (C=O) groups excluding carboxylic acids is 2. The van der Waals surface area contributed by atoms with Gasteiger partial charge in [0.15, 0.2) is 5.50 Å². The smallest absolute Gasteiger partial charge is 0.308 e. The summed E-state index contributed by atoms with van der Waals surface area (Å²) in [5.41, 5.74) is 0.285. The zero-order valence-corrected chi connectivity index (χ0v) is 11.1. The summed E-state index contributed by atoms with van der Waals surface area (Å²) in [5, 5.41) is 2.80. The average molecular weight is 265 g/mol. The molecule has 1 atom stereocenters. The second-order valence-electron chi connectivity index (χ2n) is 3.78. The second-order valence-corrected chi connectivity index (χ2v) is 4.70. The first-order valence-electron chi connectivity index (χ1n) is 5.68. The molecular weight excluding hydrogens is 250 g/mol. The number of imide groups is 1. The van der Waals surface area contributed by atoms with Crippen molar-refractivity contribution in [3.05, 3.63) is 30.3 Å². The lowest BCUT2D eigenvalue weighted by molar-refractivity contribution is 0.181. The van der Waals surface area contributed by atoms with Gasteiger partial charge in [0.1, 0.15) is 0 Å². The zero-order valence-electron chi connectivity index (χ0n) is 10.3. The highest BCUT2D eigenvalue weighted by atomic mass is 32.2. The van der Waals surface area contributed by atoms with Crippen LogP contribution in [-0.4, -0.2) is 35.3 Å². The summed E-state index contributed by atoms with van der Waals surface area (Å²) in [5.74, 6) is 0. The first-order valence-corrected chi connectivity index (χ1v) is 6.97. The van der Waals surface area contributed by atoms with E-state index in [2.05, 4.69) is 5.32 Å². The molecule has 1 N–H and O–H groups in total. The predicted octanol–water partition coefficient (Wildman–Crippen LogP) is 2.30. The van der Waals surface area contributed by atoms with Crippen LogP contribution in [-0.2, 0) is 0 Å². The molecule has 0 aromatic heterocycles. The van der Waals surface area contributed by atoms with E-state index in [9.17, 15) is 9.59 Å². The Labute approximate surface area is 110 Å². The molecule has 4 amide bonds. The van der Waals surface area contributed by atoms with Crippen LogP contribution in [0, 0.1) is 0 Å². The molecule has 1 aromatic rings. The van der Waals surface area contributed by atoms with Crippen molar-refractivity contribution in [2.24, 2.45) is 0 Å². The molecule has 5 nitrogen and oxygen atoms in total. The molecule has 1 unspecified atom stereocenters. The lowest BCUT2D eigenvalue weighted by Crippen LogP contribution is -2.64. The Morgan fingerprint density at radius 2 is 1.94 bits per heavy atom. The van der Waals surface area contributed by atoms with Crippen LogP contribution in [0.25, 0.3) is 0 Å². The highest BCUT2D eigenvalue weighted by molar-refractivity contribution is 7.99. The number of nitrogens with zero attached hydrogens (tertiary/aromatic N) is 2. The third-order valence-corrected chi connectivity index (χ3v) is 3.57. The van der Waals surface area contributed by atoms with Gasteiger partial charge in [-0.25, -0.2) is 14.5 Å². The maximum Gasteiger partial charge on any atom is 0.335 e. The number of hydrogen-bond acceptors (Lipinski definition) is 3. The van der Waals surface area contributed by atoms with Crippen molar-refractivity contribution in [3.8, 4) is 0 Å². The topological polar surface area (TPSA) is 52.7 Å². The van der Waals surface area contributed by atoms with E-state index in [0.717, 1.165) is 4.90 Å².